The van der Waals surface area contributed by atoms with Crippen molar-refractivity contribution in [3.63, 3.8) is 0 Å². The fraction of sp³-hybridized carbons (Fsp3) is 0.500. The Hall–Kier alpha value is -1.95. The lowest BCUT2D eigenvalue weighted by Crippen LogP contribution is -2.43. The highest BCUT2D eigenvalue weighted by atomic mass is 35.5. The fourth-order valence-corrected chi connectivity index (χ4v) is 2.72. The van der Waals surface area contributed by atoms with Crippen molar-refractivity contribution >= 4 is 29.1 Å². The van der Waals surface area contributed by atoms with Crippen LogP contribution in [0.1, 0.15) is 19.8 Å². The lowest BCUT2D eigenvalue weighted by molar-refractivity contribution is -0.144. The zero-order valence-corrected chi connectivity index (χ0v) is 14.3. The van der Waals surface area contributed by atoms with Gasteiger partial charge in [-0.2, -0.15) is 0 Å². The van der Waals surface area contributed by atoms with Gasteiger partial charge in [0.15, 0.2) is 0 Å². The molecule has 1 saturated heterocycles. The SMILES string of the molecule is COc1cc(NC(=O)C(=O)N2CCC(C)CC2)c(OC)cc1Cl. The molecule has 0 aromatic heterocycles. The van der Waals surface area contributed by atoms with Gasteiger partial charge in [0.2, 0.25) is 0 Å². The first-order chi connectivity index (χ1) is 11.0. The summed E-state index contributed by atoms with van der Waals surface area (Å²) in [5.41, 5.74) is 0.345. The van der Waals surface area contributed by atoms with Crippen molar-refractivity contribution in [1.82, 2.24) is 4.90 Å². The molecule has 126 valence electrons. The number of amides is 2. The number of ether oxygens (including phenoxy) is 2. The Balaban J connectivity index is 2.11. The minimum atomic E-state index is -0.692. The number of likely N-dealkylation sites (tertiary alicyclic amines) is 1. The Bertz CT molecular complexity index is 598. The highest BCUT2D eigenvalue weighted by Gasteiger charge is 2.26. The van der Waals surface area contributed by atoms with E-state index in [1.54, 1.807) is 4.90 Å². The van der Waals surface area contributed by atoms with Crippen LogP contribution < -0.4 is 14.8 Å². The molecule has 0 saturated carbocycles. The maximum atomic E-state index is 12.2. The molecule has 23 heavy (non-hydrogen) atoms. The summed E-state index contributed by atoms with van der Waals surface area (Å²) in [6.45, 7) is 3.36. The van der Waals surface area contributed by atoms with E-state index in [1.165, 1.54) is 26.4 Å². The van der Waals surface area contributed by atoms with Crippen molar-refractivity contribution in [3.05, 3.63) is 17.2 Å². The number of nitrogens with one attached hydrogen (secondary N) is 1. The van der Waals surface area contributed by atoms with Gasteiger partial charge in [-0.1, -0.05) is 18.5 Å². The smallest absolute Gasteiger partial charge is 0.314 e. The second-order valence-electron chi connectivity index (χ2n) is 5.62. The molecule has 1 aromatic rings. The van der Waals surface area contributed by atoms with E-state index in [9.17, 15) is 9.59 Å². The molecule has 0 radical (unpaired) electrons. The zero-order valence-electron chi connectivity index (χ0n) is 13.5. The van der Waals surface area contributed by atoms with E-state index in [0.717, 1.165) is 12.8 Å². The Labute approximate surface area is 140 Å². The number of carbonyl (C=O) groups is 2. The lowest BCUT2D eigenvalue weighted by Gasteiger charge is -2.29. The first-order valence-electron chi connectivity index (χ1n) is 7.48. The first kappa shape index (κ1) is 17.4. The van der Waals surface area contributed by atoms with Crippen LogP contribution in [-0.4, -0.2) is 44.0 Å². The number of anilines is 1. The first-order valence-corrected chi connectivity index (χ1v) is 7.85. The van der Waals surface area contributed by atoms with Crippen LogP contribution in [0.25, 0.3) is 0 Å². The third-order valence-electron chi connectivity index (χ3n) is 3.99. The largest absolute Gasteiger partial charge is 0.495 e. The average Bonchev–Trinajstić information content (AvgIpc) is 2.55. The number of hydrogen-bond donors (Lipinski definition) is 1. The quantitative estimate of drug-likeness (QED) is 0.859. The van der Waals surface area contributed by atoms with Crippen molar-refractivity contribution in [3.8, 4) is 11.5 Å². The van der Waals surface area contributed by atoms with E-state index < -0.39 is 11.8 Å². The molecule has 6 nitrogen and oxygen atoms in total. The van der Waals surface area contributed by atoms with E-state index >= 15 is 0 Å². The summed E-state index contributed by atoms with van der Waals surface area (Å²) < 4.78 is 10.3. The van der Waals surface area contributed by atoms with Gasteiger partial charge in [-0.15, -0.1) is 0 Å². The number of piperidine rings is 1. The Kier molecular flexibility index (Phi) is 5.71. The van der Waals surface area contributed by atoms with Crippen LogP contribution in [0.15, 0.2) is 12.1 Å². The molecule has 1 aliphatic rings. The number of hydrogen-bond acceptors (Lipinski definition) is 4. The second kappa shape index (κ2) is 7.55. The second-order valence-corrected chi connectivity index (χ2v) is 6.02. The van der Waals surface area contributed by atoms with Crippen LogP contribution in [0.4, 0.5) is 5.69 Å². The standard InChI is InChI=1S/C16H21ClN2O4/c1-10-4-6-19(7-5-10)16(21)15(20)18-12-9-13(22-2)11(17)8-14(12)23-3/h8-10H,4-7H2,1-3H3,(H,18,20). The number of halogens is 1. The van der Waals surface area contributed by atoms with Gasteiger partial charge in [0.05, 0.1) is 24.9 Å². The van der Waals surface area contributed by atoms with E-state index in [4.69, 9.17) is 21.1 Å². The van der Waals surface area contributed by atoms with Crippen LogP contribution in [0.2, 0.25) is 5.02 Å². The predicted molar refractivity (Wildman–Crippen MR) is 88.2 cm³/mol. The molecule has 1 aliphatic heterocycles. The summed E-state index contributed by atoms with van der Waals surface area (Å²) in [6, 6.07) is 3.06. The maximum absolute atomic E-state index is 12.2. The zero-order chi connectivity index (χ0) is 17.0. The van der Waals surface area contributed by atoms with Gasteiger partial charge in [-0.05, 0) is 18.8 Å². The van der Waals surface area contributed by atoms with Crippen molar-refractivity contribution in [1.29, 1.82) is 0 Å². The van der Waals surface area contributed by atoms with Gasteiger partial charge in [-0.3, -0.25) is 9.59 Å². The monoisotopic (exact) mass is 340 g/mol. The summed E-state index contributed by atoms with van der Waals surface area (Å²) >= 11 is 6.02. The summed E-state index contributed by atoms with van der Waals surface area (Å²) in [4.78, 5) is 26.0. The molecule has 1 heterocycles. The van der Waals surface area contributed by atoms with Gasteiger partial charge in [0.1, 0.15) is 11.5 Å². The molecular weight excluding hydrogens is 320 g/mol. The molecule has 1 N–H and O–H groups in total. The maximum Gasteiger partial charge on any atom is 0.314 e. The molecule has 1 fully saturated rings. The number of methoxy groups -OCH3 is 2. The van der Waals surface area contributed by atoms with Crippen LogP contribution in [0.5, 0.6) is 11.5 Å². The van der Waals surface area contributed by atoms with Gasteiger partial charge in [0, 0.05) is 25.2 Å². The topological polar surface area (TPSA) is 67.9 Å². The minimum absolute atomic E-state index is 0.345. The number of benzene rings is 1. The van der Waals surface area contributed by atoms with Crippen molar-refractivity contribution < 1.29 is 19.1 Å². The molecule has 0 atom stereocenters. The van der Waals surface area contributed by atoms with Gasteiger partial charge in [0.25, 0.3) is 0 Å². The summed E-state index contributed by atoms with van der Waals surface area (Å²) in [5, 5.41) is 2.94. The molecule has 2 amide bonds. The highest BCUT2D eigenvalue weighted by Crippen LogP contribution is 2.35. The predicted octanol–water partition coefficient (Wildman–Crippen LogP) is 2.55. The van der Waals surface area contributed by atoms with Crippen molar-refractivity contribution in [2.45, 2.75) is 19.8 Å². The van der Waals surface area contributed by atoms with Crippen LogP contribution in [-0.2, 0) is 9.59 Å². The summed E-state index contributed by atoms with van der Waals surface area (Å²) in [5.74, 6) is 0.115. The highest BCUT2D eigenvalue weighted by molar-refractivity contribution is 6.40. The van der Waals surface area contributed by atoms with E-state index in [0.29, 0.717) is 41.2 Å². The van der Waals surface area contributed by atoms with Crippen molar-refractivity contribution in [2.75, 3.05) is 32.6 Å². The normalized spacial score (nSPS) is 15.2. The minimum Gasteiger partial charge on any atom is -0.495 e. The lowest BCUT2D eigenvalue weighted by atomic mass is 9.99. The fourth-order valence-electron chi connectivity index (χ4n) is 2.49. The summed E-state index contributed by atoms with van der Waals surface area (Å²) in [6.07, 6.45) is 1.83. The number of carbonyl (C=O) groups excluding carboxylic acids is 2. The van der Waals surface area contributed by atoms with Crippen LogP contribution in [0.3, 0.4) is 0 Å². The van der Waals surface area contributed by atoms with Gasteiger partial charge >= 0.3 is 11.8 Å². The molecule has 0 spiro atoms. The molecule has 1 aromatic carbocycles. The number of rotatable bonds is 3. The Morgan fingerprint density at radius 3 is 2.35 bits per heavy atom. The molecule has 0 aliphatic carbocycles. The van der Waals surface area contributed by atoms with E-state index in [2.05, 4.69) is 12.2 Å². The van der Waals surface area contributed by atoms with Gasteiger partial charge in [-0.25, -0.2) is 0 Å². The molecule has 7 heteroatoms. The van der Waals surface area contributed by atoms with Gasteiger partial charge < -0.3 is 19.7 Å². The third-order valence-corrected chi connectivity index (χ3v) is 4.28. The molecule has 0 bridgehead atoms. The molecule has 0 unspecified atom stereocenters. The molecule has 2 rings (SSSR count). The third kappa shape index (κ3) is 4.07. The Morgan fingerprint density at radius 1 is 1.17 bits per heavy atom. The van der Waals surface area contributed by atoms with Crippen molar-refractivity contribution in [2.24, 2.45) is 5.92 Å². The Morgan fingerprint density at radius 2 is 1.78 bits per heavy atom. The molecular formula is C16H21ClN2O4. The van der Waals surface area contributed by atoms with Crippen LogP contribution >= 0.6 is 11.6 Å². The summed E-state index contributed by atoms with van der Waals surface area (Å²) in [7, 11) is 2.93. The average molecular weight is 341 g/mol. The number of nitrogens with zero attached hydrogens (tertiary/aromatic N) is 1. The van der Waals surface area contributed by atoms with E-state index in [1.807, 2.05) is 0 Å². The van der Waals surface area contributed by atoms with Crippen LogP contribution in [0, 0.1) is 5.92 Å². The van der Waals surface area contributed by atoms with E-state index in [-0.39, 0.29) is 0 Å².